The number of ether oxygens (including phenoxy) is 2. The fraction of sp³-hybridized carbons (Fsp3) is 0.611. The van der Waals surface area contributed by atoms with Crippen LogP contribution < -0.4 is 5.32 Å². The molecule has 0 amide bonds. The van der Waals surface area contributed by atoms with Crippen LogP contribution in [0.15, 0.2) is 29.3 Å². The van der Waals surface area contributed by atoms with Gasteiger partial charge in [0.05, 0.1) is 12.7 Å². The summed E-state index contributed by atoms with van der Waals surface area (Å²) in [6, 6.07) is 6.53. The van der Waals surface area contributed by atoms with Crippen molar-refractivity contribution in [2.24, 2.45) is 4.99 Å². The molecule has 0 aromatic heterocycles. The zero-order valence-corrected chi connectivity index (χ0v) is 17.4. The lowest BCUT2D eigenvalue weighted by molar-refractivity contribution is 0.0168. The van der Waals surface area contributed by atoms with Crippen molar-refractivity contribution in [1.82, 2.24) is 10.2 Å². The lowest BCUT2D eigenvalue weighted by Gasteiger charge is -2.22. The lowest BCUT2D eigenvalue weighted by Crippen LogP contribution is -2.39. The van der Waals surface area contributed by atoms with Crippen LogP contribution in [0.1, 0.15) is 24.8 Å². The van der Waals surface area contributed by atoms with Crippen LogP contribution in [-0.2, 0) is 16.0 Å². The number of hydrogen-bond donors (Lipinski definition) is 1. The average Bonchev–Trinajstić information content (AvgIpc) is 3.09. The fourth-order valence-electron chi connectivity index (χ4n) is 2.69. The van der Waals surface area contributed by atoms with Crippen molar-refractivity contribution in [3.63, 3.8) is 0 Å². The van der Waals surface area contributed by atoms with Gasteiger partial charge in [-0.05, 0) is 37.0 Å². The van der Waals surface area contributed by atoms with E-state index in [1.807, 2.05) is 11.9 Å². The molecule has 1 atom stereocenters. The van der Waals surface area contributed by atoms with Crippen molar-refractivity contribution < 1.29 is 13.9 Å². The molecule has 2 rings (SSSR count). The number of hydrogen-bond acceptors (Lipinski definition) is 3. The predicted octanol–water partition coefficient (Wildman–Crippen LogP) is 3.04. The van der Waals surface area contributed by atoms with Crippen LogP contribution >= 0.6 is 24.0 Å². The lowest BCUT2D eigenvalue weighted by atomic mass is 10.2. The molecule has 1 saturated heterocycles. The topological polar surface area (TPSA) is 46.1 Å². The molecule has 7 heteroatoms. The van der Waals surface area contributed by atoms with Gasteiger partial charge in [0.15, 0.2) is 5.96 Å². The highest BCUT2D eigenvalue weighted by molar-refractivity contribution is 14.0. The summed E-state index contributed by atoms with van der Waals surface area (Å²) in [7, 11) is 3.73. The predicted molar refractivity (Wildman–Crippen MR) is 109 cm³/mol. The monoisotopic (exact) mass is 465 g/mol. The number of halogens is 2. The van der Waals surface area contributed by atoms with Gasteiger partial charge in [0.1, 0.15) is 5.82 Å². The summed E-state index contributed by atoms with van der Waals surface area (Å²) in [5, 5.41) is 3.32. The van der Waals surface area contributed by atoms with Crippen LogP contribution in [0, 0.1) is 5.82 Å². The molecule has 1 N–H and O–H groups in total. The minimum atomic E-state index is -0.216. The molecule has 1 unspecified atom stereocenters. The van der Waals surface area contributed by atoms with Crippen molar-refractivity contribution >= 4 is 29.9 Å². The molecule has 142 valence electrons. The van der Waals surface area contributed by atoms with Crippen LogP contribution in [0.5, 0.6) is 0 Å². The standard InChI is InChI=1S/C18H28FN3O2.HI/c1-20-18(22(2)13-15-6-8-16(19)9-7-15)21-10-4-11-23-14-17-5-3-12-24-17;/h6-9,17H,3-5,10-14H2,1-2H3,(H,20,21);1H. The van der Waals surface area contributed by atoms with Gasteiger partial charge < -0.3 is 19.7 Å². The Kier molecular flexibility index (Phi) is 11.0. The maximum atomic E-state index is 12.9. The molecule has 0 radical (unpaired) electrons. The summed E-state index contributed by atoms with van der Waals surface area (Å²) in [5.74, 6) is 0.602. The summed E-state index contributed by atoms with van der Waals surface area (Å²) in [6.07, 6.45) is 3.45. The quantitative estimate of drug-likeness (QED) is 0.278. The van der Waals surface area contributed by atoms with Crippen LogP contribution in [-0.4, -0.2) is 57.4 Å². The van der Waals surface area contributed by atoms with Gasteiger partial charge in [0.2, 0.25) is 0 Å². The average molecular weight is 465 g/mol. The van der Waals surface area contributed by atoms with E-state index in [4.69, 9.17) is 9.47 Å². The smallest absolute Gasteiger partial charge is 0.193 e. The van der Waals surface area contributed by atoms with Gasteiger partial charge in [-0.1, -0.05) is 12.1 Å². The van der Waals surface area contributed by atoms with Crippen molar-refractivity contribution in [3.05, 3.63) is 35.6 Å². The van der Waals surface area contributed by atoms with Crippen molar-refractivity contribution in [2.45, 2.75) is 31.9 Å². The number of nitrogens with zero attached hydrogens (tertiary/aromatic N) is 2. The normalized spacial score (nSPS) is 17.2. The number of aliphatic imine (C=N–C) groups is 1. The molecule has 0 saturated carbocycles. The Morgan fingerprint density at radius 1 is 1.40 bits per heavy atom. The highest BCUT2D eigenvalue weighted by atomic mass is 127. The van der Waals surface area contributed by atoms with Crippen molar-refractivity contribution in [3.8, 4) is 0 Å². The molecule has 1 aromatic carbocycles. The minimum absolute atomic E-state index is 0. The molecule has 1 aliphatic heterocycles. The maximum Gasteiger partial charge on any atom is 0.193 e. The first-order valence-corrected chi connectivity index (χ1v) is 8.54. The molecular weight excluding hydrogens is 436 g/mol. The van der Waals surface area contributed by atoms with Crippen molar-refractivity contribution in [2.75, 3.05) is 40.5 Å². The molecule has 1 fully saturated rings. The minimum Gasteiger partial charge on any atom is -0.379 e. The molecule has 5 nitrogen and oxygen atoms in total. The van der Waals surface area contributed by atoms with Crippen LogP contribution in [0.4, 0.5) is 4.39 Å². The number of guanidine groups is 1. The van der Waals surface area contributed by atoms with Gasteiger partial charge in [-0.2, -0.15) is 0 Å². The van der Waals surface area contributed by atoms with E-state index in [-0.39, 0.29) is 35.9 Å². The second kappa shape index (κ2) is 12.4. The van der Waals surface area contributed by atoms with E-state index in [2.05, 4.69) is 10.3 Å². The first-order chi connectivity index (χ1) is 11.7. The summed E-state index contributed by atoms with van der Waals surface area (Å²) in [5.41, 5.74) is 1.04. The molecule has 25 heavy (non-hydrogen) atoms. The summed E-state index contributed by atoms with van der Waals surface area (Å²) in [4.78, 5) is 6.29. The van der Waals surface area contributed by atoms with E-state index in [0.29, 0.717) is 19.8 Å². The number of nitrogens with one attached hydrogen (secondary N) is 1. The van der Waals surface area contributed by atoms with Gasteiger partial charge in [-0.3, -0.25) is 4.99 Å². The third-order valence-electron chi connectivity index (χ3n) is 3.98. The number of benzene rings is 1. The SMILES string of the molecule is CN=C(NCCCOCC1CCCO1)N(C)Cc1ccc(F)cc1.I. The Balaban J connectivity index is 0.00000312. The van der Waals surface area contributed by atoms with E-state index in [1.54, 1.807) is 19.2 Å². The Bertz CT molecular complexity index is 508. The Morgan fingerprint density at radius 2 is 2.16 bits per heavy atom. The molecule has 0 spiro atoms. The van der Waals surface area contributed by atoms with E-state index in [9.17, 15) is 4.39 Å². The maximum absolute atomic E-state index is 12.9. The highest BCUT2D eigenvalue weighted by Gasteiger charge is 2.15. The second-order valence-electron chi connectivity index (χ2n) is 6.02. The fourth-order valence-corrected chi connectivity index (χ4v) is 2.69. The Labute approximate surface area is 167 Å². The number of rotatable bonds is 8. The third kappa shape index (κ3) is 8.33. The molecule has 1 aliphatic rings. The highest BCUT2D eigenvalue weighted by Crippen LogP contribution is 2.11. The zero-order chi connectivity index (χ0) is 17.2. The molecule has 1 aromatic rings. The third-order valence-corrected chi connectivity index (χ3v) is 3.98. The van der Waals surface area contributed by atoms with Gasteiger partial charge in [0, 0.05) is 40.4 Å². The van der Waals surface area contributed by atoms with Crippen LogP contribution in [0.2, 0.25) is 0 Å². The first kappa shape index (κ1) is 22.1. The van der Waals surface area contributed by atoms with Crippen molar-refractivity contribution in [1.29, 1.82) is 0 Å². The zero-order valence-electron chi connectivity index (χ0n) is 15.0. The second-order valence-corrected chi connectivity index (χ2v) is 6.02. The summed E-state index contributed by atoms with van der Waals surface area (Å²) < 4.78 is 24.1. The molecule has 0 aliphatic carbocycles. The molecule has 0 bridgehead atoms. The van der Waals surface area contributed by atoms with E-state index in [1.165, 1.54) is 12.1 Å². The van der Waals surface area contributed by atoms with Crippen LogP contribution in [0.25, 0.3) is 0 Å². The first-order valence-electron chi connectivity index (χ1n) is 8.54. The van der Waals surface area contributed by atoms with Crippen LogP contribution in [0.3, 0.4) is 0 Å². The van der Waals surface area contributed by atoms with Gasteiger partial charge in [-0.25, -0.2) is 4.39 Å². The Hall–Kier alpha value is -0.930. The Morgan fingerprint density at radius 3 is 2.80 bits per heavy atom. The summed E-state index contributed by atoms with van der Waals surface area (Å²) >= 11 is 0. The molecular formula is C18H29FIN3O2. The van der Waals surface area contributed by atoms with E-state index >= 15 is 0 Å². The van der Waals surface area contributed by atoms with Gasteiger partial charge in [-0.15, -0.1) is 24.0 Å². The van der Waals surface area contributed by atoms with Gasteiger partial charge in [0.25, 0.3) is 0 Å². The van der Waals surface area contributed by atoms with E-state index in [0.717, 1.165) is 43.9 Å². The molecule has 1 heterocycles. The summed E-state index contributed by atoms with van der Waals surface area (Å²) in [6.45, 7) is 3.75. The largest absolute Gasteiger partial charge is 0.379 e. The van der Waals surface area contributed by atoms with Gasteiger partial charge >= 0.3 is 0 Å². The van der Waals surface area contributed by atoms with E-state index < -0.39 is 0 Å².